The van der Waals surface area contributed by atoms with E-state index in [1.54, 1.807) is 4.90 Å². The zero-order valence-electron chi connectivity index (χ0n) is 11.7. The largest absolute Gasteiger partial charge is 0.352 e. The van der Waals surface area contributed by atoms with Crippen molar-refractivity contribution in [3.05, 3.63) is 0 Å². The number of hydrogen-bond donors (Lipinski definition) is 1. The molecule has 0 radical (unpaired) electrons. The third-order valence-electron chi connectivity index (χ3n) is 2.78. The Labute approximate surface area is 105 Å². The van der Waals surface area contributed by atoms with E-state index in [4.69, 9.17) is 0 Å². The van der Waals surface area contributed by atoms with Gasteiger partial charge in [0.1, 0.15) is 0 Å². The van der Waals surface area contributed by atoms with Crippen molar-refractivity contribution >= 4 is 11.8 Å². The lowest BCUT2D eigenvalue weighted by atomic mass is 10.1. The van der Waals surface area contributed by atoms with Crippen molar-refractivity contribution in [2.45, 2.75) is 53.5 Å². The molecule has 4 heteroatoms. The smallest absolute Gasteiger partial charge is 0.239 e. The van der Waals surface area contributed by atoms with Gasteiger partial charge in [-0.15, -0.1) is 0 Å². The quantitative estimate of drug-likeness (QED) is 0.740. The van der Waals surface area contributed by atoms with E-state index >= 15 is 0 Å². The highest BCUT2D eigenvalue weighted by molar-refractivity contribution is 5.83. The second-order valence-corrected chi connectivity index (χ2v) is 5.00. The van der Waals surface area contributed by atoms with Crippen molar-refractivity contribution in [3.8, 4) is 0 Å². The number of nitrogens with one attached hydrogen (secondary N) is 1. The van der Waals surface area contributed by atoms with E-state index in [1.807, 2.05) is 13.8 Å². The summed E-state index contributed by atoms with van der Waals surface area (Å²) in [4.78, 5) is 24.7. The van der Waals surface area contributed by atoms with Crippen molar-refractivity contribution in [1.82, 2.24) is 10.2 Å². The number of carbonyl (C=O) groups excluding carboxylic acids is 2. The summed E-state index contributed by atoms with van der Waals surface area (Å²) in [6.07, 6.45) is 1.83. The molecule has 0 spiro atoms. The molecule has 0 aliphatic carbocycles. The van der Waals surface area contributed by atoms with Crippen molar-refractivity contribution < 1.29 is 9.59 Å². The van der Waals surface area contributed by atoms with Crippen LogP contribution in [0.1, 0.15) is 47.5 Å². The fourth-order valence-electron chi connectivity index (χ4n) is 1.36. The lowest BCUT2D eigenvalue weighted by Gasteiger charge is -2.22. The minimum absolute atomic E-state index is 0.0371. The summed E-state index contributed by atoms with van der Waals surface area (Å²) in [6.45, 7) is 10.5. The maximum absolute atomic E-state index is 11.7. The first-order valence-corrected chi connectivity index (χ1v) is 6.41. The number of rotatable bonds is 7. The van der Waals surface area contributed by atoms with E-state index in [1.165, 1.54) is 6.92 Å². The summed E-state index contributed by atoms with van der Waals surface area (Å²) in [6, 6.07) is 0.168. The van der Waals surface area contributed by atoms with Gasteiger partial charge in [-0.1, -0.05) is 20.8 Å². The van der Waals surface area contributed by atoms with Crippen molar-refractivity contribution in [2.24, 2.45) is 5.92 Å². The molecule has 0 aromatic heterocycles. The van der Waals surface area contributed by atoms with E-state index < -0.39 is 0 Å². The van der Waals surface area contributed by atoms with Crippen LogP contribution in [-0.2, 0) is 9.59 Å². The SMILES string of the molecule is CCC(C)NC(=O)CN(CCC(C)C)C(C)=O. The third-order valence-corrected chi connectivity index (χ3v) is 2.78. The Kier molecular flexibility index (Phi) is 7.59. The summed E-state index contributed by atoms with van der Waals surface area (Å²) in [5.74, 6) is 0.428. The minimum atomic E-state index is -0.0710. The zero-order chi connectivity index (χ0) is 13.4. The first kappa shape index (κ1) is 15.9. The van der Waals surface area contributed by atoms with Crippen LogP contribution in [-0.4, -0.2) is 35.8 Å². The Hall–Kier alpha value is -1.06. The molecular weight excluding hydrogens is 216 g/mol. The van der Waals surface area contributed by atoms with Gasteiger partial charge in [-0.25, -0.2) is 0 Å². The Morgan fingerprint density at radius 3 is 2.24 bits per heavy atom. The molecule has 0 heterocycles. The molecule has 0 saturated heterocycles. The van der Waals surface area contributed by atoms with Crippen LogP contribution in [0.15, 0.2) is 0 Å². The van der Waals surface area contributed by atoms with Crippen LogP contribution in [0.5, 0.6) is 0 Å². The van der Waals surface area contributed by atoms with Crippen LogP contribution in [0.2, 0.25) is 0 Å². The summed E-state index contributed by atoms with van der Waals surface area (Å²) in [7, 11) is 0. The normalized spacial score (nSPS) is 12.4. The summed E-state index contributed by atoms with van der Waals surface area (Å²) < 4.78 is 0. The number of hydrogen-bond acceptors (Lipinski definition) is 2. The van der Waals surface area contributed by atoms with E-state index in [2.05, 4.69) is 19.2 Å². The van der Waals surface area contributed by atoms with E-state index in [9.17, 15) is 9.59 Å². The fourth-order valence-corrected chi connectivity index (χ4v) is 1.36. The molecule has 0 aromatic rings. The van der Waals surface area contributed by atoms with E-state index in [0.29, 0.717) is 12.5 Å². The van der Waals surface area contributed by atoms with Gasteiger partial charge in [-0.05, 0) is 25.7 Å². The van der Waals surface area contributed by atoms with Gasteiger partial charge in [-0.2, -0.15) is 0 Å². The molecule has 1 unspecified atom stereocenters. The Bertz CT molecular complexity index is 252. The van der Waals surface area contributed by atoms with Crippen LogP contribution < -0.4 is 5.32 Å². The minimum Gasteiger partial charge on any atom is -0.352 e. The molecule has 0 aliphatic rings. The predicted octanol–water partition coefficient (Wildman–Crippen LogP) is 1.80. The number of carbonyl (C=O) groups is 2. The molecule has 0 aliphatic heterocycles. The average molecular weight is 242 g/mol. The highest BCUT2D eigenvalue weighted by Crippen LogP contribution is 2.02. The first-order valence-electron chi connectivity index (χ1n) is 6.41. The molecule has 1 atom stereocenters. The molecule has 17 heavy (non-hydrogen) atoms. The predicted molar refractivity (Wildman–Crippen MR) is 69.6 cm³/mol. The molecule has 2 amide bonds. The molecule has 0 bridgehead atoms. The van der Waals surface area contributed by atoms with Crippen molar-refractivity contribution in [1.29, 1.82) is 0 Å². The zero-order valence-corrected chi connectivity index (χ0v) is 11.7. The molecule has 0 rings (SSSR count). The molecule has 4 nitrogen and oxygen atoms in total. The Morgan fingerprint density at radius 1 is 1.24 bits per heavy atom. The fraction of sp³-hybridized carbons (Fsp3) is 0.846. The Morgan fingerprint density at radius 2 is 1.82 bits per heavy atom. The lowest BCUT2D eigenvalue weighted by molar-refractivity contribution is -0.134. The highest BCUT2D eigenvalue weighted by atomic mass is 16.2. The molecule has 0 fully saturated rings. The van der Waals surface area contributed by atoms with Gasteiger partial charge in [0.15, 0.2) is 0 Å². The monoisotopic (exact) mass is 242 g/mol. The standard InChI is InChI=1S/C13H26N2O2/c1-6-11(4)14-13(17)9-15(12(5)16)8-7-10(2)3/h10-11H,6-9H2,1-5H3,(H,14,17). The van der Waals surface area contributed by atoms with Crippen LogP contribution in [0.25, 0.3) is 0 Å². The second kappa shape index (κ2) is 8.09. The van der Waals surface area contributed by atoms with Crippen molar-refractivity contribution in [2.75, 3.05) is 13.1 Å². The van der Waals surface area contributed by atoms with Crippen LogP contribution in [0, 0.1) is 5.92 Å². The number of nitrogens with zero attached hydrogens (tertiary/aromatic N) is 1. The number of amides is 2. The summed E-state index contributed by atoms with van der Waals surface area (Å²) in [5.41, 5.74) is 0. The van der Waals surface area contributed by atoms with Gasteiger partial charge in [0.25, 0.3) is 0 Å². The summed E-state index contributed by atoms with van der Waals surface area (Å²) >= 11 is 0. The first-order chi connectivity index (χ1) is 7.86. The highest BCUT2D eigenvalue weighted by Gasteiger charge is 2.14. The second-order valence-electron chi connectivity index (χ2n) is 5.00. The topological polar surface area (TPSA) is 49.4 Å². The van der Waals surface area contributed by atoms with Gasteiger partial charge >= 0.3 is 0 Å². The van der Waals surface area contributed by atoms with E-state index in [0.717, 1.165) is 12.8 Å². The lowest BCUT2D eigenvalue weighted by Crippen LogP contribution is -2.43. The van der Waals surface area contributed by atoms with E-state index in [-0.39, 0.29) is 24.4 Å². The molecule has 1 N–H and O–H groups in total. The average Bonchev–Trinajstić information content (AvgIpc) is 2.23. The molecular formula is C13H26N2O2. The van der Waals surface area contributed by atoms with Gasteiger partial charge in [0.05, 0.1) is 6.54 Å². The van der Waals surface area contributed by atoms with Crippen molar-refractivity contribution in [3.63, 3.8) is 0 Å². The molecule has 0 saturated carbocycles. The Balaban J connectivity index is 4.15. The molecule has 100 valence electrons. The van der Waals surface area contributed by atoms with Crippen LogP contribution >= 0.6 is 0 Å². The van der Waals surface area contributed by atoms with Gasteiger partial charge in [0, 0.05) is 19.5 Å². The summed E-state index contributed by atoms with van der Waals surface area (Å²) in [5, 5.41) is 2.87. The van der Waals surface area contributed by atoms with Gasteiger partial charge < -0.3 is 10.2 Å². The maximum Gasteiger partial charge on any atom is 0.239 e. The van der Waals surface area contributed by atoms with Crippen LogP contribution in [0.4, 0.5) is 0 Å². The van der Waals surface area contributed by atoms with Gasteiger partial charge in [0.2, 0.25) is 11.8 Å². The van der Waals surface area contributed by atoms with Gasteiger partial charge in [-0.3, -0.25) is 9.59 Å². The van der Waals surface area contributed by atoms with Crippen LogP contribution in [0.3, 0.4) is 0 Å². The molecule has 0 aromatic carbocycles. The maximum atomic E-state index is 11.7. The third kappa shape index (κ3) is 7.77.